The molecule has 0 saturated carbocycles. The first kappa shape index (κ1) is 16.6. The van der Waals surface area contributed by atoms with E-state index in [9.17, 15) is 9.59 Å². The van der Waals surface area contributed by atoms with Crippen molar-refractivity contribution in [2.24, 2.45) is 5.41 Å². The minimum atomic E-state index is -0.418. The van der Waals surface area contributed by atoms with E-state index < -0.39 is 6.04 Å². The zero-order valence-electron chi connectivity index (χ0n) is 13.5. The van der Waals surface area contributed by atoms with Crippen LogP contribution < -0.4 is 5.32 Å². The maximum absolute atomic E-state index is 12.7. The number of hydrogen-bond acceptors (Lipinski definition) is 4. The summed E-state index contributed by atoms with van der Waals surface area (Å²) >= 11 is 1.98. The van der Waals surface area contributed by atoms with Gasteiger partial charge in [0.15, 0.2) is 0 Å². The Balaban J connectivity index is 2.01. The highest BCUT2D eigenvalue weighted by molar-refractivity contribution is 7.99. The van der Waals surface area contributed by atoms with Gasteiger partial charge in [-0.2, -0.15) is 11.8 Å². The first-order chi connectivity index (χ1) is 9.80. The number of nitrogens with zero attached hydrogens (tertiary/aromatic N) is 2. The van der Waals surface area contributed by atoms with Crippen LogP contribution in [0.5, 0.6) is 0 Å². The molecule has 2 saturated heterocycles. The SMILES string of the molecule is CC1C(=O)NC(C(C)(C)C)C(=O)N1CCN1CCSCC1. The summed E-state index contributed by atoms with van der Waals surface area (Å²) in [5.74, 6) is 2.34. The third kappa shape index (κ3) is 3.92. The van der Waals surface area contributed by atoms with Crippen LogP contribution in [0.25, 0.3) is 0 Å². The van der Waals surface area contributed by atoms with Crippen molar-refractivity contribution >= 4 is 23.6 Å². The number of amides is 2. The summed E-state index contributed by atoms with van der Waals surface area (Å²) in [6.45, 7) is 11.5. The standard InChI is InChI=1S/C15H27N3O2S/c1-11-13(19)16-12(15(2,3)4)14(20)18(11)6-5-17-7-9-21-10-8-17/h11-12H,5-10H2,1-4H3,(H,16,19). The normalized spacial score (nSPS) is 28.7. The molecule has 2 rings (SSSR count). The van der Waals surface area contributed by atoms with Crippen molar-refractivity contribution in [2.45, 2.75) is 39.8 Å². The van der Waals surface area contributed by atoms with E-state index in [1.165, 1.54) is 0 Å². The summed E-state index contributed by atoms with van der Waals surface area (Å²) in [7, 11) is 0. The largest absolute Gasteiger partial charge is 0.342 e. The van der Waals surface area contributed by atoms with Gasteiger partial charge in [0.05, 0.1) is 0 Å². The number of thioether (sulfide) groups is 1. The maximum Gasteiger partial charge on any atom is 0.246 e. The van der Waals surface area contributed by atoms with Gasteiger partial charge >= 0.3 is 0 Å². The topological polar surface area (TPSA) is 52.7 Å². The second kappa shape index (κ2) is 6.57. The maximum atomic E-state index is 12.7. The number of hydrogen-bond donors (Lipinski definition) is 1. The first-order valence-corrected chi connectivity index (χ1v) is 8.87. The lowest BCUT2D eigenvalue weighted by Gasteiger charge is -2.43. The summed E-state index contributed by atoms with van der Waals surface area (Å²) in [5, 5.41) is 2.88. The number of carbonyl (C=O) groups excluding carboxylic acids is 2. The van der Waals surface area contributed by atoms with Gasteiger partial charge in [0.1, 0.15) is 12.1 Å². The molecule has 2 aliphatic heterocycles. The Hall–Kier alpha value is -0.750. The fraction of sp³-hybridized carbons (Fsp3) is 0.867. The number of rotatable bonds is 3. The summed E-state index contributed by atoms with van der Waals surface area (Å²) in [5.41, 5.74) is -0.257. The molecular formula is C15H27N3O2S. The highest BCUT2D eigenvalue weighted by atomic mass is 32.2. The molecule has 0 aromatic rings. The van der Waals surface area contributed by atoms with Crippen LogP contribution in [-0.4, -0.2) is 71.4 Å². The molecule has 0 aliphatic carbocycles. The fourth-order valence-corrected chi connectivity index (χ4v) is 3.77. The van der Waals surface area contributed by atoms with Crippen LogP contribution in [0.2, 0.25) is 0 Å². The average molecular weight is 313 g/mol. The Kier molecular flexibility index (Phi) is 5.20. The molecule has 0 spiro atoms. The van der Waals surface area contributed by atoms with Gasteiger partial charge in [-0.25, -0.2) is 0 Å². The van der Waals surface area contributed by atoms with Crippen molar-refractivity contribution in [3.05, 3.63) is 0 Å². The molecule has 6 heteroatoms. The van der Waals surface area contributed by atoms with Crippen LogP contribution >= 0.6 is 11.8 Å². The van der Waals surface area contributed by atoms with Gasteiger partial charge in [-0.05, 0) is 12.3 Å². The zero-order chi connectivity index (χ0) is 15.6. The molecule has 0 aromatic heterocycles. The first-order valence-electron chi connectivity index (χ1n) is 7.71. The summed E-state index contributed by atoms with van der Waals surface area (Å²) in [4.78, 5) is 29.0. The van der Waals surface area contributed by atoms with E-state index >= 15 is 0 Å². The van der Waals surface area contributed by atoms with Gasteiger partial charge in [0.2, 0.25) is 11.8 Å². The highest BCUT2D eigenvalue weighted by Gasteiger charge is 2.43. The smallest absolute Gasteiger partial charge is 0.246 e. The molecule has 2 fully saturated rings. The minimum Gasteiger partial charge on any atom is -0.342 e. The van der Waals surface area contributed by atoms with Gasteiger partial charge < -0.3 is 10.2 Å². The van der Waals surface area contributed by atoms with Gasteiger partial charge in [0.25, 0.3) is 0 Å². The lowest BCUT2D eigenvalue weighted by Crippen LogP contribution is -2.66. The third-order valence-electron chi connectivity index (χ3n) is 4.29. The molecule has 0 radical (unpaired) electrons. The lowest BCUT2D eigenvalue weighted by atomic mass is 9.84. The van der Waals surface area contributed by atoms with Crippen molar-refractivity contribution < 1.29 is 9.59 Å². The zero-order valence-corrected chi connectivity index (χ0v) is 14.3. The van der Waals surface area contributed by atoms with Gasteiger partial charge in [0, 0.05) is 37.7 Å². The molecule has 2 unspecified atom stereocenters. The van der Waals surface area contributed by atoms with Crippen LogP contribution in [0.15, 0.2) is 0 Å². The molecule has 1 N–H and O–H groups in total. The van der Waals surface area contributed by atoms with Crippen LogP contribution in [0.4, 0.5) is 0 Å². The Labute approximate surface area is 131 Å². The van der Waals surface area contributed by atoms with Gasteiger partial charge in [-0.3, -0.25) is 14.5 Å². The molecule has 2 aliphatic rings. The van der Waals surface area contributed by atoms with E-state index in [0.717, 1.165) is 31.1 Å². The summed E-state index contributed by atoms with van der Waals surface area (Å²) in [6.07, 6.45) is 0. The second-order valence-corrected chi connectivity index (χ2v) is 8.19. The average Bonchev–Trinajstić information content (AvgIpc) is 2.42. The van der Waals surface area contributed by atoms with Gasteiger partial charge in [-0.15, -0.1) is 0 Å². The van der Waals surface area contributed by atoms with Crippen LogP contribution in [0.3, 0.4) is 0 Å². The number of carbonyl (C=O) groups is 2. The molecule has 2 amide bonds. The molecule has 5 nitrogen and oxygen atoms in total. The highest BCUT2D eigenvalue weighted by Crippen LogP contribution is 2.25. The quantitative estimate of drug-likeness (QED) is 0.837. The number of piperazine rings is 1. The van der Waals surface area contributed by atoms with Gasteiger partial charge in [-0.1, -0.05) is 20.8 Å². The third-order valence-corrected chi connectivity index (χ3v) is 5.23. The van der Waals surface area contributed by atoms with E-state index in [1.807, 2.05) is 39.5 Å². The summed E-state index contributed by atoms with van der Waals surface area (Å²) < 4.78 is 0. The van der Waals surface area contributed by atoms with E-state index in [0.29, 0.717) is 6.54 Å². The predicted octanol–water partition coefficient (Wildman–Crippen LogP) is 0.797. The van der Waals surface area contributed by atoms with Crippen LogP contribution in [0, 0.1) is 5.41 Å². The predicted molar refractivity (Wildman–Crippen MR) is 86.3 cm³/mol. The van der Waals surface area contributed by atoms with Crippen molar-refractivity contribution in [3.8, 4) is 0 Å². The van der Waals surface area contributed by atoms with E-state index in [2.05, 4.69) is 10.2 Å². The molecular weight excluding hydrogens is 286 g/mol. The van der Waals surface area contributed by atoms with E-state index in [1.54, 1.807) is 4.90 Å². The molecule has 0 bridgehead atoms. The molecule has 2 heterocycles. The Morgan fingerprint density at radius 2 is 1.81 bits per heavy atom. The van der Waals surface area contributed by atoms with Crippen molar-refractivity contribution in [3.63, 3.8) is 0 Å². The molecule has 0 aromatic carbocycles. The lowest BCUT2D eigenvalue weighted by molar-refractivity contribution is -0.151. The van der Waals surface area contributed by atoms with Crippen molar-refractivity contribution in [1.29, 1.82) is 0 Å². The fourth-order valence-electron chi connectivity index (χ4n) is 2.79. The Morgan fingerprint density at radius 1 is 1.19 bits per heavy atom. The van der Waals surface area contributed by atoms with Crippen molar-refractivity contribution in [2.75, 3.05) is 37.7 Å². The number of nitrogens with one attached hydrogen (secondary N) is 1. The monoisotopic (exact) mass is 313 g/mol. The van der Waals surface area contributed by atoms with E-state index in [-0.39, 0.29) is 23.3 Å². The van der Waals surface area contributed by atoms with Crippen LogP contribution in [-0.2, 0) is 9.59 Å². The second-order valence-electron chi connectivity index (χ2n) is 6.97. The minimum absolute atomic E-state index is 0.0382. The molecule has 120 valence electrons. The summed E-state index contributed by atoms with van der Waals surface area (Å²) in [6, 6.07) is -0.784. The molecule has 2 atom stereocenters. The van der Waals surface area contributed by atoms with Crippen molar-refractivity contribution in [1.82, 2.24) is 15.1 Å². The molecule has 21 heavy (non-hydrogen) atoms. The van der Waals surface area contributed by atoms with Crippen LogP contribution in [0.1, 0.15) is 27.7 Å². The van der Waals surface area contributed by atoms with E-state index in [4.69, 9.17) is 0 Å². The Morgan fingerprint density at radius 3 is 2.38 bits per heavy atom. The Bertz CT molecular complexity index is 402.